The summed E-state index contributed by atoms with van der Waals surface area (Å²) in [6, 6.07) is -4.82. The molecule has 0 aromatic heterocycles. The third-order valence-corrected chi connectivity index (χ3v) is 20.2. The van der Waals surface area contributed by atoms with Gasteiger partial charge in [-0.3, -0.25) is 54.7 Å². The van der Waals surface area contributed by atoms with Gasteiger partial charge in [0.1, 0.15) is 78.2 Å². The minimum absolute atomic E-state index is 0.00873. The van der Waals surface area contributed by atoms with E-state index in [9.17, 15) is 81.8 Å². The summed E-state index contributed by atoms with van der Waals surface area (Å²) in [5.41, 5.74) is 6.31. The highest BCUT2D eigenvalue weighted by Gasteiger charge is 2.52. The third-order valence-electron chi connectivity index (χ3n) is 20.2. The molecular weight excluding hydrogens is 1760 g/mol. The van der Waals surface area contributed by atoms with Crippen molar-refractivity contribution in [2.75, 3.05) is 60.8 Å². The molecule has 3 fully saturated rings. The maximum atomic E-state index is 13.5. The predicted octanol–water partition coefficient (Wildman–Crippen LogP) is 7.74. The first-order valence-corrected chi connectivity index (χ1v) is 43.8. The average molecular weight is 1890 g/mol. The predicted molar refractivity (Wildman–Crippen MR) is 464 cm³/mol. The highest BCUT2D eigenvalue weighted by atomic mass is 16.8. The number of aliphatic hydroxyl groups excluding tert-OH is 1. The summed E-state index contributed by atoms with van der Waals surface area (Å²) in [6.45, 7) is 26.5. The SMILES string of the molecule is C=C(NC(=O)OC(C)(C)C)N[C@H]1C=C(C(=O)OC)O[C@@H]([C@H](OC(=O)NCCCCCCCC(=O)CC[C@@H](NC(=O)CCCN=[N+]=[N-])C(=O)CCC(=O)NCCCCCCCC(=O)O[C@@H]([C@@H]2OC(C(=O)OC)=C[C@H](N=C(C)NC(=O)OC(C)(C)C)[C@H]2C)[C@H]2COC(=O)O2)[C@H]2COC(=O)O2)[C@@H]1NC(C)=O.COC(=O)C1=C[C@H](N=C(C)NC(=O)OC(C)(C)C)[C@@H](C)[C@H]([C@H](O)[C@H]2COC(=O)O2)O1. The van der Waals surface area contributed by atoms with Gasteiger partial charge >= 0.3 is 66.7 Å². The minimum atomic E-state index is -1.52. The topological polar surface area (TPSA) is 620 Å². The largest absolute Gasteiger partial charge is 0.508 e. The van der Waals surface area contributed by atoms with Gasteiger partial charge in [-0.1, -0.05) is 64.1 Å². The standard InChI is InChI=1S/C67H101N11O25.C19H28N2O9/c1-38-44(72-39(2)74-62(88)102-66(5,6)7)34-47(59(85)92-11)96-55(38)56(49-36-94-64(90)98-49)100-53(84)26-20-16-14-17-21-31-69-51(82)30-29-46(81)43(77-52(83)25-23-33-71-78-68)28-27-42(80)24-19-15-13-18-22-32-70-61(87)101-57(50-37-95-65(91)99-50)58-54(76-41(4)79)45(35-48(97-58)60(86)93-12)73-40(3)75-63(89)103-67(8,9)10;1-9-11(20-10(2)21-17(24)30-19(3,4)5)7-12(16(23)26-6)28-15(9)14(22)13-8-27-18(25)29-13/h34-35,38,43-45,49-50,54-58,73H,3,13-33,36-37H2,1-2,4-12H3,(H,69,82)(H,70,87)(H,75,89)(H,76,79)(H,77,83)(H,72,74,88);7,9,11,13-15,22H,8H2,1-6H3,(H,20,21,24)/t38-,43-,44+,45+,49-,50-,54-,55-,56-,57-,58-;9-,11+,13-,14-,15-/m11/s1. The molecule has 0 radical (unpaired) electrons. The number of carbonyl (C=O) groups is 16. The molecule has 6 aliphatic heterocycles. The number of nitrogens with zero attached hydrogens (tertiary/aromatic N) is 5. The van der Waals surface area contributed by atoms with Crippen molar-refractivity contribution in [3.63, 3.8) is 0 Å². The molecular formula is C86H129N13O34. The number of methoxy groups -OCH3 is 3. The van der Waals surface area contributed by atoms with Crippen molar-refractivity contribution in [2.24, 2.45) is 26.9 Å². The van der Waals surface area contributed by atoms with E-state index in [0.29, 0.717) is 70.8 Å². The first kappa shape index (κ1) is 111. The number of ketones is 2. The van der Waals surface area contributed by atoms with Crippen LogP contribution in [0.3, 0.4) is 0 Å². The Balaban J connectivity index is 0.000000875. The monoisotopic (exact) mass is 1890 g/mol. The van der Waals surface area contributed by atoms with Gasteiger partial charge in [-0.15, -0.1) is 0 Å². The molecule has 0 spiro atoms. The number of cyclic esters (lactones) is 6. The second-order valence-electron chi connectivity index (χ2n) is 34.7. The maximum Gasteiger partial charge on any atom is 0.508 e. The molecule has 47 nitrogen and oxygen atoms in total. The van der Waals surface area contributed by atoms with Gasteiger partial charge < -0.3 is 112 Å². The lowest BCUT2D eigenvalue weighted by Gasteiger charge is -2.41. The van der Waals surface area contributed by atoms with E-state index in [-0.39, 0.29) is 118 Å². The first-order valence-electron chi connectivity index (χ1n) is 43.8. The normalized spacial score (nSPS) is 22.4. The summed E-state index contributed by atoms with van der Waals surface area (Å²) < 4.78 is 90.0. The van der Waals surface area contributed by atoms with E-state index >= 15 is 0 Å². The van der Waals surface area contributed by atoms with Gasteiger partial charge in [0, 0.05) is 81.8 Å². The van der Waals surface area contributed by atoms with Gasteiger partial charge in [-0.25, -0.2) is 47.9 Å². The number of aliphatic hydroxyl groups is 1. The van der Waals surface area contributed by atoms with Crippen molar-refractivity contribution in [1.82, 2.24) is 42.5 Å². The van der Waals surface area contributed by atoms with Crippen LogP contribution < -0.4 is 42.5 Å². The fourth-order valence-electron chi connectivity index (χ4n) is 13.9. The molecule has 6 heterocycles. The molecule has 47 heteroatoms. The fraction of sp³-hybridized carbons (Fsp3) is 0.698. The van der Waals surface area contributed by atoms with Crippen molar-refractivity contribution in [2.45, 2.75) is 314 Å². The summed E-state index contributed by atoms with van der Waals surface area (Å²) in [5.74, 6) is -6.84. The molecule has 16 atom stereocenters. The molecule has 7 amide bonds. The summed E-state index contributed by atoms with van der Waals surface area (Å²) in [4.78, 5) is 214. The van der Waals surface area contributed by atoms with E-state index in [1.807, 2.05) is 0 Å². The molecule has 133 heavy (non-hydrogen) atoms. The number of amidine groups is 2. The summed E-state index contributed by atoms with van der Waals surface area (Å²) in [6.07, 6.45) is -7.31. The number of amides is 7. The van der Waals surface area contributed by atoms with Crippen LogP contribution in [0.4, 0.5) is 33.6 Å². The van der Waals surface area contributed by atoms with E-state index in [2.05, 4.69) is 69.1 Å². The molecule has 0 aliphatic carbocycles. The van der Waals surface area contributed by atoms with E-state index in [0.717, 1.165) is 14.2 Å². The summed E-state index contributed by atoms with van der Waals surface area (Å²) in [5, 5.41) is 35.3. The van der Waals surface area contributed by atoms with Crippen molar-refractivity contribution >= 4 is 108 Å². The number of hydrogen-bond donors (Lipinski definition) is 9. The second-order valence-corrected chi connectivity index (χ2v) is 34.7. The maximum absolute atomic E-state index is 13.5. The highest BCUT2D eigenvalue weighted by Crippen LogP contribution is 2.36. The Morgan fingerprint density at radius 2 is 0.947 bits per heavy atom. The summed E-state index contributed by atoms with van der Waals surface area (Å²) in [7, 11) is 3.44. The lowest BCUT2D eigenvalue weighted by atomic mass is 9.87. The van der Waals surface area contributed by atoms with Crippen LogP contribution in [0.1, 0.15) is 213 Å². The Hall–Kier alpha value is -12.7. The molecule has 0 aromatic carbocycles. The number of ether oxygens (including phenoxy) is 17. The number of unbranched alkanes of at least 4 members (excludes halogenated alkanes) is 8. The molecule has 3 saturated heterocycles. The van der Waals surface area contributed by atoms with Crippen molar-refractivity contribution in [3.8, 4) is 0 Å². The number of carbonyl (C=O) groups excluding carboxylic acids is 16. The van der Waals surface area contributed by atoms with E-state index in [1.54, 1.807) is 83.1 Å². The van der Waals surface area contributed by atoms with Crippen LogP contribution in [-0.4, -0.2) is 276 Å². The van der Waals surface area contributed by atoms with Crippen LogP contribution in [0, 0.1) is 11.8 Å². The van der Waals surface area contributed by atoms with E-state index in [4.69, 9.17) is 86.1 Å². The zero-order chi connectivity index (χ0) is 99.0. The molecule has 6 aliphatic rings. The van der Waals surface area contributed by atoms with Gasteiger partial charge in [-0.05, 0) is 138 Å². The third kappa shape index (κ3) is 40.5. The minimum Gasteiger partial charge on any atom is -0.480 e. The smallest absolute Gasteiger partial charge is 0.480 e. The second kappa shape index (κ2) is 54.3. The van der Waals surface area contributed by atoms with Gasteiger partial charge in [-0.2, -0.15) is 0 Å². The number of hydrogen-bond acceptors (Lipinski definition) is 38. The van der Waals surface area contributed by atoms with Gasteiger partial charge in [0.25, 0.3) is 0 Å². The van der Waals surface area contributed by atoms with Crippen LogP contribution in [0.5, 0.6) is 0 Å². The Morgan fingerprint density at radius 3 is 1.43 bits per heavy atom. The molecule has 9 N–H and O–H groups in total. The van der Waals surface area contributed by atoms with Crippen molar-refractivity contribution in [3.05, 3.63) is 58.3 Å². The quantitative estimate of drug-likeness (QED) is 0.00411. The van der Waals surface area contributed by atoms with Crippen LogP contribution in [-0.2, 0) is 124 Å². The Morgan fingerprint density at radius 1 is 0.504 bits per heavy atom. The number of rotatable bonds is 45. The number of esters is 4. The van der Waals surface area contributed by atoms with Crippen molar-refractivity contribution in [1.29, 1.82) is 0 Å². The number of nitrogens with one attached hydrogen (secondary N) is 8. The van der Waals surface area contributed by atoms with Gasteiger partial charge in [0.2, 0.25) is 35.0 Å². The lowest BCUT2D eigenvalue weighted by molar-refractivity contribution is -0.171. The van der Waals surface area contributed by atoms with Gasteiger partial charge in [0.05, 0.1) is 51.5 Å². The Kier molecular flexibility index (Phi) is 45.3. The zero-order valence-corrected chi connectivity index (χ0v) is 78.3. The number of Topliss-reactive ketones (excluding diaryl/α,β-unsaturated/α-hetero) is 2. The van der Waals surface area contributed by atoms with Crippen molar-refractivity contribution < 1.29 is 162 Å². The molecule has 0 aromatic rings. The zero-order valence-electron chi connectivity index (χ0n) is 78.3. The summed E-state index contributed by atoms with van der Waals surface area (Å²) >= 11 is 0. The van der Waals surface area contributed by atoms with Crippen LogP contribution in [0.2, 0.25) is 0 Å². The molecule has 0 bridgehead atoms. The number of alkyl carbamates (subject to hydrolysis) is 4. The molecule has 742 valence electrons. The van der Waals surface area contributed by atoms with Crippen LogP contribution in [0.25, 0.3) is 10.4 Å². The first-order chi connectivity index (χ1) is 62.6. The Bertz CT molecular complexity index is 4290. The van der Waals surface area contributed by atoms with Gasteiger partial charge in [0.15, 0.2) is 42.4 Å². The van der Waals surface area contributed by atoms with Crippen LogP contribution >= 0.6 is 0 Å². The van der Waals surface area contributed by atoms with Crippen LogP contribution in [0.15, 0.2) is 63.0 Å². The molecule has 0 saturated carbocycles. The highest BCUT2D eigenvalue weighted by molar-refractivity contribution is 5.96. The molecule has 0 unspecified atom stereocenters. The lowest BCUT2D eigenvalue weighted by Crippen LogP contribution is -2.64. The average Bonchev–Trinajstić information content (AvgIpc) is 1.76. The fourth-order valence-corrected chi connectivity index (χ4v) is 13.9. The van der Waals surface area contributed by atoms with E-state index in [1.165, 1.54) is 39.2 Å². The number of azide groups is 1. The molecule has 6 rings (SSSR count). The number of aliphatic imine (C=N–C) groups is 2. The Labute approximate surface area is 770 Å². The van der Waals surface area contributed by atoms with E-state index < -0.39 is 211 Å².